The number of nitrogens with zero attached hydrogens (tertiary/aromatic N) is 2. The molecule has 2 unspecified atom stereocenters. The number of aryl methyl sites for hydroxylation is 1. The Labute approximate surface area is 85.8 Å². The molecule has 0 fully saturated rings. The summed E-state index contributed by atoms with van der Waals surface area (Å²) in [5, 5.41) is 9.79. The Morgan fingerprint density at radius 2 is 2.29 bits per heavy atom. The first kappa shape index (κ1) is 11.2. The lowest BCUT2D eigenvalue weighted by Crippen LogP contribution is -2.16. The van der Waals surface area contributed by atoms with Crippen molar-refractivity contribution in [2.45, 2.75) is 39.2 Å². The third-order valence-corrected chi connectivity index (χ3v) is 2.71. The van der Waals surface area contributed by atoms with Crippen LogP contribution in [0.3, 0.4) is 0 Å². The van der Waals surface area contributed by atoms with Crippen LogP contribution in [0.4, 0.5) is 0 Å². The summed E-state index contributed by atoms with van der Waals surface area (Å²) in [4.78, 5) is 4.19. The molecule has 3 heteroatoms. The van der Waals surface area contributed by atoms with Crippen LogP contribution in [0.25, 0.3) is 0 Å². The second-order valence-electron chi connectivity index (χ2n) is 4.06. The van der Waals surface area contributed by atoms with Gasteiger partial charge in [0, 0.05) is 25.9 Å². The maximum Gasteiger partial charge on any atom is 0.110 e. The van der Waals surface area contributed by atoms with Crippen molar-refractivity contribution in [3.8, 4) is 0 Å². The number of hydrogen-bond acceptors (Lipinski definition) is 2. The van der Waals surface area contributed by atoms with Crippen molar-refractivity contribution in [2.24, 2.45) is 13.0 Å². The van der Waals surface area contributed by atoms with Gasteiger partial charge in [0.25, 0.3) is 0 Å². The quantitative estimate of drug-likeness (QED) is 0.779. The largest absolute Gasteiger partial charge is 0.393 e. The second kappa shape index (κ2) is 5.15. The van der Waals surface area contributed by atoms with Gasteiger partial charge in [0.1, 0.15) is 5.82 Å². The normalized spacial score (nSPS) is 15.4. The van der Waals surface area contributed by atoms with Gasteiger partial charge in [0.15, 0.2) is 0 Å². The molecule has 1 heterocycles. The molecule has 1 aromatic rings. The van der Waals surface area contributed by atoms with Crippen LogP contribution < -0.4 is 0 Å². The van der Waals surface area contributed by atoms with Crippen LogP contribution in [-0.2, 0) is 13.5 Å². The molecule has 0 aliphatic rings. The summed E-state index contributed by atoms with van der Waals surface area (Å²) in [7, 11) is 1.96. The average molecular weight is 196 g/mol. The van der Waals surface area contributed by atoms with Crippen LogP contribution in [0.5, 0.6) is 0 Å². The van der Waals surface area contributed by atoms with E-state index in [-0.39, 0.29) is 6.10 Å². The molecule has 0 saturated heterocycles. The van der Waals surface area contributed by atoms with E-state index in [0.717, 1.165) is 18.7 Å². The summed E-state index contributed by atoms with van der Waals surface area (Å²) in [5.74, 6) is 1.55. The molecular weight excluding hydrogens is 176 g/mol. The fourth-order valence-electron chi connectivity index (χ4n) is 1.52. The van der Waals surface area contributed by atoms with E-state index < -0.39 is 0 Å². The van der Waals surface area contributed by atoms with Gasteiger partial charge in [-0.2, -0.15) is 0 Å². The van der Waals surface area contributed by atoms with E-state index >= 15 is 0 Å². The second-order valence-corrected chi connectivity index (χ2v) is 4.06. The molecule has 2 atom stereocenters. The first-order valence-corrected chi connectivity index (χ1v) is 5.27. The molecule has 1 aromatic heterocycles. The predicted octanol–water partition coefficient (Wildman–Crippen LogP) is 1.76. The number of aliphatic hydroxyl groups is 1. The maximum absolute atomic E-state index is 9.79. The van der Waals surface area contributed by atoms with Gasteiger partial charge in [-0.05, 0) is 12.3 Å². The van der Waals surface area contributed by atoms with Crippen molar-refractivity contribution >= 4 is 0 Å². The zero-order chi connectivity index (χ0) is 10.6. The summed E-state index contributed by atoms with van der Waals surface area (Å²) in [6.07, 6.45) is 6.07. The summed E-state index contributed by atoms with van der Waals surface area (Å²) in [6, 6.07) is 0. The average Bonchev–Trinajstić information content (AvgIpc) is 2.51. The van der Waals surface area contributed by atoms with Gasteiger partial charge in [-0.25, -0.2) is 4.98 Å². The van der Waals surface area contributed by atoms with Gasteiger partial charge in [-0.1, -0.05) is 20.3 Å². The molecule has 0 radical (unpaired) electrons. The highest BCUT2D eigenvalue weighted by atomic mass is 16.3. The summed E-state index contributed by atoms with van der Waals surface area (Å²) in [5.41, 5.74) is 0. The molecule has 0 aliphatic heterocycles. The van der Waals surface area contributed by atoms with Crippen LogP contribution in [-0.4, -0.2) is 20.8 Å². The molecular formula is C11H20N2O. The molecule has 80 valence electrons. The zero-order valence-electron chi connectivity index (χ0n) is 9.27. The van der Waals surface area contributed by atoms with Crippen molar-refractivity contribution in [2.75, 3.05) is 0 Å². The van der Waals surface area contributed by atoms with E-state index in [1.165, 1.54) is 0 Å². The van der Waals surface area contributed by atoms with E-state index in [0.29, 0.717) is 12.3 Å². The number of aliphatic hydroxyl groups excluding tert-OH is 1. The molecule has 3 nitrogen and oxygen atoms in total. The highest BCUT2D eigenvalue weighted by Crippen LogP contribution is 2.12. The fraction of sp³-hybridized carbons (Fsp3) is 0.727. The fourth-order valence-corrected chi connectivity index (χ4v) is 1.52. The summed E-state index contributed by atoms with van der Waals surface area (Å²) >= 11 is 0. The zero-order valence-corrected chi connectivity index (χ0v) is 9.27. The number of aromatic nitrogens is 2. The molecule has 0 aliphatic carbocycles. The van der Waals surface area contributed by atoms with Gasteiger partial charge in [-0.3, -0.25) is 0 Å². The minimum atomic E-state index is -0.258. The highest BCUT2D eigenvalue weighted by molar-refractivity contribution is 4.93. The minimum Gasteiger partial charge on any atom is -0.393 e. The first-order valence-electron chi connectivity index (χ1n) is 5.27. The molecule has 1 N–H and O–H groups in total. The minimum absolute atomic E-state index is 0.258. The standard InChI is InChI=1S/C11H20N2O/c1-4-9(2)7-10(14)8-11-12-5-6-13(11)3/h5-6,9-10,14H,4,7-8H2,1-3H3. The molecule has 0 amide bonds. The lowest BCUT2D eigenvalue weighted by atomic mass is 9.99. The number of imidazole rings is 1. The van der Waals surface area contributed by atoms with Crippen molar-refractivity contribution in [1.29, 1.82) is 0 Å². The Bertz CT molecular complexity index is 270. The lowest BCUT2D eigenvalue weighted by molar-refractivity contribution is 0.142. The third kappa shape index (κ3) is 3.14. The molecule has 0 spiro atoms. The summed E-state index contributed by atoms with van der Waals surface area (Å²) in [6.45, 7) is 4.32. The Balaban J connectivity index is 2.41. The van der Waals surface area contributed by atoms with Gasteiger partial charge in [0.05, 0.1) is 6.10 Å². The van der Waals surface area contributed by atoms with Crippen molar-refractivity contribution in [3.63, 3.8) is 0 Å². The SMILES string of the molecule is CCC(C)CC(O)Cc1nccn1C. The van der Waals surface area contributed by atoms with Crippen LogP contribution >= 0.6 is 0 Å². The predicted molar refractivity (Wildman–Crippen MR) is 57.0 cm³/mol. The third-order valence-electron chi connectivity index (χ3n) is 2.71. The van der Waals surface area contributed by atoms with E-state index in [9.17, 15) is 5.11 Å². The van der Waals surface area contributed by atoms with Gasteiger partial charge in [0.2, 0.25) is 0 Å². The van der Waals surface area contributed by atoms with Gasteiger partial charge in [-0.15, -0.1) is 0 Å². The van der Waals surface area contributed by atoms with E-state index in [1.54, 1.807) is 6.20 Å². The first-order chi connectivity index (χ1) is 6.63. The van der Waals surface area contributed by atoms with E-state index in [1.807, 2.05) is 17.8 Å². The molecule has 14 heavy (non-hydrogen) atoms. The van der Waals surface area contributed by atoms with Crippen molar-refractivity contribution in [1.82, 2.24) is 9.55 Å². The smallest absolute Gasteiger partial charge is 0.110 e. The maximum atomic E-state index is 9.79. The number of rotatable bonds is 5. The molecule has 0 saturated carbocycles. The van der Waals surface area contributed by atoms with E-state index in [2.05, 4.69) is 18.8 Å². The van der Waals surface area contributed by atoms with Crippen LogP contribution in [0.2, 0.25) is 0 Å². The van der Waals surface area contributed by atoms with Crippen LogP contribution in [0.15, 0.2) is 12.4 Å². The van der Waals surface area contributed by atoms with Crippen molar-refractivity contribution in [3.05, 3.63) is 18.2 Å². The highest BCUT2D eigenvalue weighted by Gasteiger charge is 2.11. The Hall–Kier alpha value is -0.830. The molecule has 1 rings (SSSR count). The van der Waals surface area contributed by atoms with Crippen LogP contribution in [0, 0.1) is 5.92 Å². The van der Waals surface area contributed by atoms with Gasteiger partial charge >= 0.3 is 0 Å². The monoisotopic (exact) mass is 196 g/mol. The van der Waals surface area contributed by atoms with Gasteiger partial charge < -0.3 is 9.67 Å². The Morgan fingerprint density at radius 3 is 2.79 bits per heavy atom. The van der Waals surface area contributed by atoms with E-state index in [4.69, 9.17) is 0 Å². The Kier molecular flexibility index (Phi) is 4.14. The van der Waals surface area contributed by atoms with Crippen LogP contribution in [0.1, 0.15) is 32.5 Å². The molecule has 0 bridgehead atoms. The van der Waals surface area contributed by atoms with Crippen molar-refractivity contribution < 1.29 is 5.11 Å². The Morgan fingerprint density at radius 1 is 1.57 bits per heavy atom. The lowest BCUT2D eigenvalue weighted by Gasteiger charge is -2.14. The molecule has 0 aromatic carbocycles. The number of hydrogen-bond donors (Lipinski definition) is 1. The summed E-state index contributed by atoms with van der Waals surface area (Å²) < 4.78 is 1.96. The topological polar surface area (TPSA) is 38.1 Å².